The van der Waals surface area contributed by atoms with Gasteiger partial charge in [-0.15, -0.1) is 5.10 Å². The number of hydrogen-bond donors (Lipinski definition) is 1. The summed E-state index contributed by atoms with van der Waals surface area (Å²) in [6.45, 7) is 2.50. The highest BCUT2D eigenvalue weighted by atomic mass is 16.5. The topological polar surface area (TPSA) is 108 Å². The van der Waals surface area contributed by atoms with E-state index >= 15 is 0 Å². The van der Waals surface area contributed by atoms with Crippen molar-refractivity contribution in [3.05, 3.63) is 186 Å². The number of ether oxygens (including phenoxy) is 2. The number of tetrazole rings is 1. The van der Waals surface area contributed by atoms with Gasteiger partial charge in [-0.1, -0.05) is 140 Å². The highest BCUT2D eigenvalue weighted by Crippen LogP contribution is 2.43. The van der Waals surface area contributed by atoms with Crippen molar-refractivity contribution in [2.24, 2.45) is 0 Å². The number of nitrogens with zero attached hydrogens (tertiary/aromatic N) is 5. The molecular formula is C44H38N6O3. The Morgan fingerprint density at radius 2 is 1.26 bits per heavy atom. The molecule has 0 aliphatic carbocycles. The van der Waals surface area contributed by atoms with Gasteiger partial charge in [-0.05, 0) is 62.0 Å². The molecule has 53 heavy (non-hydrogen) atoms. The first-order valence-corrected chi connectivity index (χ1v) is 17.7. The van der Waals surface area contributed by atoms with Crippen LogP contribution in [0.4, 0.5) is 5.69 Å². The molecular weight excluding hydrogens is 661 g/mol. The molecule has 9 nitrogen and oxygen atoms in total. The summed E-state index contributed by atoms with van der Waals surface area (Å²) < 4.78 is 13.5. The number of carbonyl (C=O) groups excluding carboxylic acids is 1. The average molecular weight is 699 g/mol. The van der Waals surface area contributed by atoms with Gasteiger partial charge in [0.15, 0.2) is 5.82 Å². The molecule has 0 radical (unpaired) electrons. The molecule has 2 heterocycles. The van der Waals surface area contributed by atoms with E-state index in [1.165, 1.54) is 0 Å². The lowest BCUT2D eigenvalue weighted by atomic mass is 9.77. The molecule has 1 aliphatic heterocycles. The van der Waals surface area contributed by atoms with Gasteiger partial charge in [-0.25, -0.2) is 4.68 Å². The number of amides is 1. The summed E-state index contributed by atoms with van der Waals surface area (Å²) in [5.74, 6) is 1.05. The standard InChI is InChI=1S/C44H38N6O3/c45-40-25-24-34(43(51)49-26-28-52-29-27-49)30-41(40)53-31-32-20-22-33(23-21-32)38-18-10-11-19-39(38)42-46-47-48-50(42)44(35-12-4-1-5-13-35,36-14-6-2-7-15-36)37-16-8-3-9-17-37/h1-25,30H,26-29,31,45H2. The molecule has 8 rings (SSSR count). The van der Waals surface area contributed by atoms with Gasteiger partial charge in [0.1, 0.15) is 17.9 Å². The Morgan fingerprint density at radius 3 is 1.87 bits per heavy atom. The van der Waals surface area contributed by atoms with Crippen LogP contribution in [0.25, 0.3) is 22.5 Å². The second-order valence-corrected chi connectivity index (χ2v) is 12.9. The third-order valence-corrected chi connectivity index (χ3v) is 9.75. The third kappa shape index (κ3) is 6.54. The van der Waals surface area contributed by atoms with E-state index in [0.717, 1.165) is 38.9 Å². The molecule has 0 spiro atoms. The van der Waals surface area contributed by atoms with E-state index in [1.807, 2.05) is 47.1 Å². The van der Waals surface area contributed by atoms with Crippen LogP contribution in [0.3, 0.4) is 0 Å². The molecule has 1 aromatic heterocycles. The number of nitrogen functional groups attached to an aromatic ring is 1. The van der Waals surface area contributed by atoms with Gasteiger partial charge in [-0.3, -0.25) is 4.79 Å². The Hall–Kier alpha value is -6.58. The lowest BCUT2D eigenvalue weighted by Crippen LogP contribution is -2.40. The Balaban J connectivity index is 1.12. The van der Waals surface area contributed by atoms with Crippen molar-refractivity contribution in [1.82, 2.24) is 25.1 Å². The van der Waals surface area contributed by atoms with Crippen LogP contribution in [-0.4, -0.2) is 57.3 Å². The minimum atomic E-state index is -0.872. The Bertz CT molecular complexity index is 2210. The van der Waals surface area contributed by atoms with E-state index in [1.54, 1.807) is 23.1 Å². The van der Waals surface area contributed by atoms with Crippen LogP contribution in [-0.2, 0) is 16.9 Å². The van der Waals surface area contributed by atoms with Crippen molar-refractivity contribution in [1.29, 1.82) is 0 Å². The average Bonchev–Trinajstić information content (AvgIpc) is 3.72. The van der Waals surface area contributed by atoms with Gasteiger partial charge >= 0.3 is 0 Å². The predicted molar refractivity (Wildman–Crippen MR) is 205 cm³/mol. The lowest BCUT2D eigenvalue weighted by molar-refractivity contribution is 0.0302. The van der Waals surface area contributed by atoms with Crippen LogP contribution in [0.2, 0.25) is 0 Å². The first-order valence-electron chi connectivity index (χ1n) is 17.7. The summed E-state index contributed by atoms with van der Waals surface area (Å²) in [7, 11) is 0. The molecule has 0 saturated carbocycles. The fourth-order valence-electron chi connectivity index (χ4n) is 7.10. The zero-order chi connectivity index (χ0) is 36.0. The minimum absolute atomic E-state index is 0.0549. The van der Waals surface area contributed by atoms with E-state index in [4.69, 9.17) is 20.4 Å². The monoisotopic (exact) mass is 698 g/mol. The summed E-state index contributed by atoms with van der Waals surface area (Å²) in [6.07, 6.45) is 0. The number of rotatable bonds is 10. The van der Waals surface area contributed by atoms with Gasteiger partial charge in [-0.2, -0.15) is 0 Å². The molecule has 0 bridgehead atoms. The quantitative estimate of drug-likeness (QED) is 0.117. The minimum Gasteiger partial charge on any atom is -0.487 e. The van der Waals surface area contributed by atoms with Crippen LogP contribution in [0.15, 0.2) is 158 Å². The molecule has 1 amide bonds. The second kappa shape index (κ2) is 15.0. The third-order valence-electron chi connectivity index (χ3n) is 9.75. The van der Waals surface area contributed by atoms with Gasteiger partial charge in [0.2, 0.25) is 0 Å². The second-order valence-electron chi connectivity index (χ2n) is 12.9. The molecule has 9 heteroatoms. The highest BCUT2D eigenvalue weighted by Gasteiger charge is 2.42. The SMILES string of the molecule is Nc1ccc(C(=O)N2CCOCC2)cc1OCc1ccc(-c2ccccc2-c2nnnn2C(c2ccccc2)(c2ccccc2)c2ccccc2)cc1. The first kappa shape index (κ1) is 33.6. The van der Waals surface area contributed by atoms with E-state index in [9.17, 15) is 4.79 Å². The van der Waals surface area contributed by atoms with E-state index < -0.39 is 5.54 Å². The van der Waals surface area contributed by atoms with Crippen molar-refractivity contribution in [2.75, 3.05) is 32.0 Å². The molecule has 1 saturated heterocycles. The highest BCUT2D eigenvalue weighted by molar-refractivity contribution is 5.95. The Morgan fingerprint density at radius 1 is 0.698 bits per heavy atom. The summed E-state index contributed by atoms with van der Waals surface area (Å²) in [5, 5.41) is 13.7. The van der Waals surface area contributed by atoms with Crippen molar-refractivity contribution >= 4 is 11.6 Å². The summed E-state index contributed by atoms with van der Waals surface area (Å²) >= 11 is 0. The van der Waals surface area contributed by atoms with Gasteiger partial charge in [0.05, 0.1) is 18.9 Å². The first-order chi connectivity index (χ1) is 26.1. The van der Waals surface area contributed by atoms with E-state index in [2.05, 4.69) is 107 Å². The lowest BCUT2D eigenvalue weighted by Gasteiger charge is -2.36. The number of hydrogen-bond acceptors (Lipinski definition) is 7. The Kier molecular flexibility index (Phi) is 9.47. The fraction of sp³-hybridized carbons (Fsp3) is 0.136. The van der Waals surface area contributed by atoms with Crippen LogP contribution < -0.4 is 10.5 Å². The maximum atomic E-state index is 13.1. The number of nitrogens with two attached hydrogens (primary N) is 1. The number of benzene rings is 6. The number of carbonyl (C=O) groups is 1. The number of anilines is 1. The van der Waals surface area contributed by atoms with Crippen molar-refractivity contribution in [3.63, 3.8) is 0 Å². The van der Waals surface area contributed by atoms with Crippen molar-refractivity contribution < 1.29 is 14.3 Å². The smallest absolute Gasteiger partial charge is 0.254 e. The zero-order valence-electron chi connectivity index (χ0n) is 29.1. The van der Waals surface area contributed by atoms with Gasteiger partial charge < -0.3 is 20.1 Å². The number of aromatic nitrogens is 4. The van der Waals surface area contributed by atoms with E-state index in [0.29, 0.717) is 49.1 Å². The van der Waals surface area contributed by atoms with Crippen LogP contribution in [0.5, 0.6) is 5.75 Å². The molecule has 262 valence electrons. The van der Waals surface area contributed by atoms with Crippen molar-refractivity contribution in [2.45, 2.75) is 12.1 Å². The molecule has 0 atom stereocenters. The largest absolute Gasteiger partial charge is 0.487 e. The van der Waals surface area contributed by atoms with Crippen molar-refractivity contribution in [3.8, 4) is 28.3 Å². The Labute approximate surface area is 308 Å². The number of morpholine rings is 1. The molecule has 6 aromatic carbocycles. The van der Waals surface area contributed by atoms with Gasteiger partial charge in [0, 0.05) is 24.2 Å². The van der Waals surface area contributed by atoms with Crippen LogP contribution in [0, 0.1) is 0 Å². The molecule has 1 aliphatic rings. The normalized spacial score (nSPS) is 13.1. The molecule has 2 N–H and O–H groups in total. The van der Waals surface area contributed by atoms with Crippen LogP contribution >= 0.6 is 0 Å². The summed E-state index contributed by atoms with van der Waals surface area (Å²) in [5.41, 5.74) is 13.3. The predicted octanol–water partition coefficient (Wildman–Crippen LogP) is 7.48. The summed E-state index contributed by atoms with van der Waals surface area (Å²) in [6, 6.07) is 52.8. The zero-order valence-corrected chi connectivity index (χ0v) is 29.1. The maximum Gasteiger partial charge on any atom is 0.254 e. The molecule has 0 unspecified atom stereocenters. The molecule has 7 aromatic rings. The maximum absolute atomic E-state index is 13.1. The fourth-order valence-corrected chi connectivity index (χ4v) is 7.10. The molecule has 1 fully saturated rings. The van der Waals surface area contributed by atoms with E-state index in [-0.39, 0.29) is 12.5 Å². The summed E-state index contributed by atoms with van der Waals surface area (Å²) in [4.78, 5) is 14.9. The van der Waals surface area contributed by atoms with Gasteiger partial charge in [0.25, 0.3) is 5.91 Å². The van der Waals surface area contributed by atoms with Crippen LogP contribution in [0.1, 0.15) is 32.6 Å².